The molecule has 0 aliphatic heterocycles. The second kappa shape index (κ2) is 6.20. The van der Waals surface area contributed by atoms with Gasteiger partial charge in [0, 0.05) is 0 Å². The Morgan fingerprint density at radius 2 is 2.00 bits per heavy atom. The van der Waals surface area contributed by atoms with E-state index >= 15 is 0 Å². The number of rotatable bonds is 5. The topological polar surface area (TPSA) is 38.3 Å². The highest BCUT2D eigenvalue weighted by Gasteiger charge is 2.23. The maximum atomic E-state index is 12.5. The molecule has 0 saturated heterocycles. The molecule has 3 heteroatoms. The number of nitrogens with one attached hydrogen (secondary N) is 1. The lowest BCUT2D eigenvalue weighted by atomic mass is 9.85. The van der Waals surface area contributed by atoms with Gasteiger partial charge in [0.25, 0.3) is 0 Å². The summed E-state index contributed by atoms with van der Waals surface area (Å²) in [6.45, 7) is 8.41. The molecule has 1 unspecified atom stereocenters. The number of Topliss-reactive ketones (excluding diaryl/α,β-unsaturated/α-hetero) is 1. The molecule has 0 radical (unpaired) electrons. The van der Waals surface area contributed by atoms with Gasteiger partial charge in [0.1, 0.15) is 5.75 Å². The molecule has 0 aliphatic carbocycles. The van der Waals surface area contributed by atoms with Crippen LogP contribution in [0.5, 0.6) is 5.75 Å². The molecule has 0 fully saturated rings. The third-order valence-corrected chi connectivity index (χ3v) is 3.40. The predicted octanol–water partition coefficient (Wildman–Crippen LogP) is 3.17. The number of ketones is 1. The van der Waals surface area contributed by atoms with E-state index in [2.05, 4.69) is 26.1 Å². The van der Waals surface area contributed by atoms with Gasteiger partial charge >= 0.3 is 0 Å². The van der Waals surface area contributed by atoms with Gasteiger partial charge in [-0.15, -0.1) is 0 Å². The van der Waals surface area contributed by atoms with Gasteiger partial charge in [0.2, 0.25) is 0 Å². The van der Waals surface area contributed by atoms with E-state index in [9.17, 15) is 4.79 Å². The van der Waals surface area contributed by atoms with Gasteiger partial charge in [-0.2, -0.15) is 0 Å². The van der Waals surface area contributed by atoms with Crippen LogP contribution in [-0.4, -0.2) is 26.0 Å². The minimum Gasteiger partial charge on any atom is -0.496 e. The number of hydrogen-bond acceptors (Lipinski definition) is 3. The van der Waals surface area contributed by atoms with Crippen LogP contribution in [0.2, 0.25) is 0 Å². The van der Waals surface area contributed by atoms with Crippen molar-refractivity contribution in [3.8, 4) is 5.75 Å². The van der Waals surface area contributed by atoms with Gasteiger partial charge in [0.05, 0.1) is 18.7 Å². The summed E-state index contributed by atoms with van der Waals surface area (Å²) in [7, 11) is 3.41. The lowest BCUT2D eigenvalue weighted by Crippen LogP contribution is -2.33. The molecule has 1 rings (SSSR count). The highest BCUT2D eigenvalue weighted by Crippen LogP contribution is 2.28. The standard InChI is InChI=1S/C16H25NO2/c1-7-13(17-5)15(18)12-10-11(16(2,3)4)8-9-14(12)19-6/h8-10,13,17H,7H2,1-6H3. The lowest BCUT2D eigenvalue weighted by Gasteiger charge is -2.22. The number of hydrogen-bond donors (Lipinski definition) is 1. The number of methoxy groups -OCH3 is 1. The molecule has 106 valence electrons. The van der Waals surface area contributed by atoms with Gasteiger partial charge in [-0.3, -0.25) is 4.79 Å². The highest BCUT2D eigenvalue weighted by atomic mass is 16.5. The van der Waals surface area contributed by atoms with E-state index < -0.39 is 0 Å². The van der Waals surface area contributed by atoms with Gasteiger partial charge < -0.3 is 10.1 Å². The van der Waals surface area contributed by atoms with Gasteiger partial charge in [0.15, 0.2) is 5.78 Å². The van der Waals surface area contributed by atoms with Crippen LogP contribution in [0.3, 0.4) is 0 Å². The Hall–Kier alpha value is -1.35. The molecule has 0 amide bonds. The predicted molar refractivity (Wildman–Crippen MR) is 79.2 cm³/mol. The Bertz CT molecular complexity index is 443. The van der Waals surface area contributed by atoms with Crippen LogP contribution in [-0.2, 0) is 5.41 Å². The van der Waals surface area contributed by atoms with Crippen LogP contribution in [0.25, 0.3) is 0 Å². The Morgan fingerprint density at radius 1 is 1.37 bits per heavy atom. The number of benzene rings is 1. The van der Waals surface area contributed by atoms with Crippen LogP contribution in [0.15, 0.2) is 18.2 Å². The maximum absolute atomic E-state index is 12.5. The van der Waals surface area contributed by atoms with E-state index in [1.165, 1.54) is 0 Å². The van der Waals surface area contributed by atoms with Crippen LogP contribution in [0, 0.1) is 0 Å². The van der Waals surface area contributed by atoms with Crippen molar-refractivity contribution >= 4 is 5.78 Å². The first-order valence-electron chi connectivity index (χ1n) is 6.75. The summed E-state index contributed by atoms with van der Waals surface area (Å²) in [6.07, 6.45) is 0.762. The normalized spacial score (nSPS) is 13.2. The SMILES string of the molecule is CCC(NC)C(=O)c1cc(C(C)(C)C)ccc1OC. The number of carbonyl (C=O) groups excluding carboxylic acids is 1. The number of likely N-dealkylation sites (N-methyl/N-ethyl adjacent to an activating group) is 1. The first kappa shape index (κ1) is 15.7. The van der Waals surface area contributed by atoms with E-state index in [0.29, 0.717) is 11.3 Å². The second-order valence-electron chi connectivity index (χ2n) is 5.78. The molecular formula is C16H25NO2. The third-order valence-electron chi connectivity index (χ3n) is 3.40. The molecule has 1 N–H and O–H groups in total. The molecule has 1 aromatic carbocycles. The molecule has 0 saturated carbocycles. The highest BCUT2D eigenvalue weighted by molar-refractivity contribution is 6.02. The smallest absolute Gasteiger partial charge is 0.183 e. The Labute approximate surface area is 116 Å². The molecule has 0 aromatic heterocycles. The summed E-state index contributed by atoms with van der Waals surface area (Å²) in [4.78, 5) is 12.5. The third kappa shape index (κ3) is 3.57. The average Bonchev–Trinajstić information content (AvgIpc) is 2.38. The number of carbonyl (C=O) groups is 1. The second-order valence-corrected chi connectivity index (χ2v) is 5.78. The maximum Gasteiger partial charge on any atom is 0.183 e. The molecule has 0 spiro atoms. The molecule has 0 bridgehead atoms. The van der Waals surface area contributed by atoms with Gasteiger partial charge in [-0.25, -0.2) is 0 Å². The number of ether oxygens (including phenoxy) is 1. The summed E-state index contributed by atoms with van der Waals surface area (Å²) in [5.74, 6) is 0.736. The summed E-state index contributed by atoms with van der Waals surface area (Å²) in [5, 5.41) is 3.05. The zero-order valence-electron chi connectivity index (χ0n) is 12.8. The molecule has 0 aliphatic rings. The fourth-order valence-electron chi connectivity index (χ4n) is 2.08. The minimum absolute atomic E-state index is 0.0165. The van der Waals surface area contributed by atoms with Crippen molar-refractivity contribution in [1.82, 2.24) is 5.32 Å². The quantitative estimate of drug-likeness (QED) is 0.829. The Balaban J connectivity index is 3.27. The average molecular weight is 263 g/mol. The van der Waals surface area contributed by atoms with Crippen LogP contribution < -0.4 is 10.1 Å². The molecule has 3 nitrogen and oxygen atoms in total. The minimum atomic E-state index is -0.163. The fourth-order valence-corrected chi connectivity index (χ4v) is 2.08. The van der Waals surface area contributed by atoms with Crippen molar-refractivity contribution in [2.75, 3.05) is 14.2 Å². The molecule has 1 atom stereocenters. The first-order valence-corrected chi connectivity index (χ1v) is 6.75. The zero-order valence-corrected chi connectivity index (χ0v) is 12.8. The lowest BCUT2D eigenvalue weighted by molar-refractivity contribution is 0.0942. The van der Waals surface area contributed by atoms with Crippen LogP contribution >= 0.6 is 0 Å². The van der Waals surface area contributed by atoms with Crippen LogP contribution in [0.1, 0.15) is 50.0 Å². The largest absolute Gasteiger partial charge is 0.496 e. The van der Waals surface area contributed by atoms with E-state index in [1.807, 2.05) is 32.2 Å². The summed E-state index contributed by atoms with van der Waals surface area (Å²) in [6, 6.07) is 5.71. The van der Waals surface area contributed by atoms with E-state index in [-0.39, 0.29) is 17.2 Å². The van der Waals surface area contributed by atoms with E-state index in [1.54, 1.807) is 7.11 Å². The van der Waals surface area contributed by atoms with Crippen molar-refractivity contribution in [2.24, 2.45) is 0 Å². The first-order chi connectivity index (χ1) is 8.85. The Kier molecular flexibility index (Phi) is 5.12. The van der Waals surface area contributed by atoms with E-state index in [4.69, 9.17) is 4.74 Å². The van der Waals surface area contributed by atoms with Crippen molar-refractivity contribution in [2.45, 2.75) is 45.6 Å². The van der Waals surface area contributed by atoms with Crippen molar-refractivity contribution in [1.29, 1.82) is 0 Å². The summed E-state index contributed by atoms with van der Waals surface area (Å²) < 4.78 is 5.32. The van der Waals surface area contributed by atoms with Gasteiger partial charge in [-0.1, -0.05) is 33.8 Å². The zero-order chi connectivity index (χ0) is 14.6. The molecule has 1 aromatic rings. The van der Waals surface area contributed by atoms with Gasteiger partial charge in [-0.05, 0) is 36.6 Å². The van der Waals surface area contributed by atoms with Crippen molar-refractivity contribution in [3.05, 3.63) is 29.3 Å². The monoisotopic (exact) mass is 263 g/mol. The van der Waals surface area contributed by atoms with Crippen LogP contribution in [0.4, 0.5) is 0 Å². The molecule has 19 heavy (non-hydrogen) atoms. The fraction of sp³-hybridized carbons (Fsp3) is 0.562. The van der Waals surface area contributed by atoms with Crippen molar-refractivity contribution < 1.29 is 9.53 Å². The summed E-state index contributed by atoms with van der Waals surface area (Å²) in [5.41, 5.74) is 1.82. The Morgan fingerprint density at radius 3 is 2.42 bits per heavy atom. The molecule has 0 heterocycles. The van der Waals surface area contributed by atoms with Crippen molar-refractivity contribution in [3.63, 3.8) is 0 Å². The summed E-state index contributed by atoms with van der Waals surface area (Å²) >= 11 is 0. The molecular weight excluding hydrogens is 238 g/mol. The van der Waals surface area contributed by atoms with E-state index in [0.717, 1.165) is 12.0 Å².